The minimum absolute atomic E-state index is 0.644. The lowest BCUT2D eigenvalue weighted by atomic mass is 10.1. The highest BCUT2D eigenvalue weighted by Gasteiger charge is 2.02. The van der Waals surface area contributed by atoms with E-state index in [0.717, 1.165) is 12.3 Å². The second kappa shape index (κ2) is 5.73. The van der Waals surface area contributed by atoms with Crippen LogP contribution in [0.4, 0.5) is 0 Å². The van der Waals surface area contributed by atoms with Crippen molar-refractivity contribution in [1.29, 1.82) is 0 Å². The van der Waals surface area contributed by atoms with Gasteiger partial charge in [0.25, 0.3) is 0 Å². The van der Waals surface area contributed by atoms with E-state index < -0.39 is 0 Å². The predicted molar refractivity (Wildman–Crippen MR) is 61.1 cm³/mol. The third-order valence-electron chi connectivity index (χ3n) is 2.26. The van der Waals surface area contributed by atoms with E-state index in [2.05, 4.69) is 24.0 Å². The molecule has 0 aliphatic rings. The summed E-state index contributed by atoms with van der Waals surface area (Å²) in [6.45, 7) is 3.59. The topological polar surface area (TPSA) is 21.7 Å². The SMILES string of the molecule is COCN(C)Cc1ccc(OC)c(C)c1. The van der Waals surface area contributed by atoms with Crippen molar-refractivity contribution in [3.63, 3.8) is 0 Å². The van der Waals surface area contributed by atoms with E-state index in [4.69, 9.17) is 9.47 Å². The van der Waals surface area contributed by atoms with Gasteiger partial charge in [0, 0.05) is 13.7 Å². The van der Waals surface area contributed by atoms with Crippen LogP contribution in [0.15, 0.2) is 18.2 Å². The number of benzene rings is 1. The molecule has 0 fully saturated rings. The van der Waals surface area contributed by atoms with Crippen LogP contribution in [0.3, 0.4) is 0 Å². The Labute approximate surface area is 91.6 Å². The molecule has 0 amide bonds. The van der Waals surface area contributed by atoms with Gasteiger partial charge in [-0.1, -0.05) is 12.1 Å². The Morgan fingerprint density at radius 1 is 1.27 bits per heavy atom. The van der Waals surface area contributed by atoms with Crippen LogP contribution in [-0.2, 0) is 11.3 Å². The molecule has 0 aromatic heterocycles. The maximum absolute atomic E-state index is 5.21. The average Bonchev–Trinajstić information content (AvgIpc) is 2.18. The monoisotopic (exact) mass is 209 g/mol. The van der Waals surface area contributed by atoms with Gasteiger partial charge in [-0.05, 0) is 31.2 Å². The third-order valence-corrected chi connectivity index (χ3v) is 2.26. The first kappa shape index (κ1) is 12.0. The molecule has 0 aliphatic heterocycles. The fraction of sp³-hybridized carbons (Fsp3) is 0.500. The molecule has 0 saturated carbocycles. The number of aryl methyl sites for hydroxylation is 1. The number of rotatable bonds is 5. The summed E-state index contributed by atoms with van der Waals surface area (Å²) in [5.74, 6) is 0.938. The summed E-state index contributed by atoms with van der Waals surface area (Å²) in [7, 11) is 5.43. The van der Waals surface area contributed by atoms with E-state index in [1.165, 1.54) is 11.1 Å². The van der Waals surface area contributed by atoms with Crippen LogP contribution in [0, 0.1) is 6.92 Å². The Balaban J connectivity index is 2.66. The first-order chi connectivity index (χ1) is 7.17. The minimum atomic E-state index is 0.644. The molecule has 0 radical (unpaired) electrons. The van der Waals surface area contributed by atoms with Gasteiger partial charge >= 0.3 is 0 Å². The highest BCUT2D eigenvalue weighted by Crippen LogP contribution is 2.19. The van der Waals surface area contributed by atoms with Crippen LogP contribution in [-0.4, -0.2) is 32.9 Å². The number of hydrogen-bond acceptors (Lipinski definition) is 3. The summed E-state index contributed by atoms with van der Waals surface area (Å²) in [5, 5.41) is 0. The molecule has 3 nitrogen and oxygen atoms in total. The summed E-state index contributed by atoms with van der Waals surface area (Å²) in [6, 6.07) is 6.23. The Morgan fingerprint density at radius 2 is 2.00 bits per heavy atom. The zero-order valence-corrected chi connectivity index (χ0v) is 9.91. The number of methoxy groups -OCH3 is 2. The molecule has 1 rings (SSSR count). The van der Waals surface area contributed by atoms with E-state index in [0.29, 0.717) is 6.73 Å². The summed E-state index contributed by atoms with van der Waals surface area (Å²) in [6.07, 6.45) is 0. The molecule has 0 saturated heterocycles. The summed E-state index contributed by atoms with van der Waals surface area (Å²) < 4.78 is 10.3. The van der Waals surface area contributed by atoms with Crippen LogP contribution >= 0.6 is 0 Å². The third kappa shape index (κ3) is 3.53. The number of ether oxygens (including phenoxy) is 2. The van der Waals surface area contributed by atoms with Crippen LogP contribution < -0.4 is 4.74 Å². The van der Waals surface area contributed by atoms with E-state index in [1.807, 2.05) is 13.1 Å². The van der Waals surface area contributed by atoms with Gasteiger partial charge in [0.15, 0.2) is 0 Å². The maximum atomic E-state index is 5.21. The Kier molecular flexibility index (Phi) is 4.59. The number of nitrogens with zero attached hydrogens (tertiary/aromatic N) is 1. The highest BCUT2D eigenvalue weighted by atomic mass is 16.5. The summed E-state index contributed by atoms with van der Waals surface area (Å²) in [4.78, 5) is 2.11. The number of hydrogen-bond donors (Lipinski definition) is 0. The van der Waals surface area contributed by atoms with Crippen molar-refractivity contribution in [2.24, 2.45) is 0 Å². The second-order valence-corrected chi connectivity index (χ2v) is 3.74. The fourth-order valence-corrected chi connectivity index (χ4v) is 1.62. The highest BCUT2D eigenvalue weighted by molar-refractivity contribution is 5.36. The molecule has 84 valence electrons. The van der Waals surface area contributed by atoms with Crippen molar-refractivity contribution >= 4 is 0 Å². The van der Waals surface area contributed by atoms with Gasteiger partial charge < -0.3 is 9.47 Å². The molecule has 3 heteroatoms. The zero-order valence-electron chi connectivity index (χ0n) is 9.91. The fourth-order valence-electron chi connectivity index (χ4n) is 1.62. The molecule has 0 aliphatic carbocycles. The first-order valence-electron chi connectivity index (χ1n) is 4.98. The lowest BCUT2D eigenvalue weighted by molar-refractivity contribution is 0.0771. The Bertz CT molecular complexity index is 312. The van der Waals surface area contributed by atoms with Crippen molar-refractivity contribution in [3.05, 3.63) is 29.3 Å². The van der Waals surface area contributed by atoms with Crippen LogP contribution in [0.2, 0.25) is 0 Å². The van der Waals surface area contributed by atoms with E-state index in [-0.39, 0.29) is 0 Å². The molecule has 1 aromatic carbocycles. The molecule has 0 unspecified atom stereocenters. The van der Waals surface area contributed by atoms with Crippen molar-refractivity contribution < 1.29 is 9.47 Å². The quantitative estimate of drug-likeness (QED) is 0.693. The van der Waals surface area contributed by atoms with Crippen LogP contribution in [0.5, 0.6) is 5.75 Å². The van der Waals surface area contributed by atoms with Crippen molar-refractivity contribution in [3.8, 4) is 5.75 Å². The average molecular weight is 209 g/mol. The Morgan fingerprint density at radius 3 is 2.53 bits per heavy atom. The van der Waals surface area contributed by atoms with Crippen molar-refractivity contribution in [1.82, 2.24) is 4.90 Å². The zero-order chi connectivity index (χ0) is 11.3. The molecule has 0 N–H and O–H groups in total. The standard InChI is InChI=1S/C12H19NO2/c1-10-7-11(5-6-12(10)15-4)8-13(2)9-14-3/h5-7H,8-9H2,1-4H3. The molecule has 0 heterocycles. The van der Waals surface area contributed by atoms with E-state index >= 15 is 0 Å². The smallest absolute Gasteiger partial charge is 0.121 e. The van der Waals surface area contributed by atoms with Gasteiger partial charge in [0.1, 0.15) is 5.75 Å². The van der Waals surface area contributed by atoms with Crippen LogP contribution in [0.1, 0.15) is 11.1 Å². The molecule has 15 heavy (non-hydrogen) atoms. The lowest BCUT2D eigenvalue weighted by Gasteiger charge is -2.16. The molecule has 0 spiro atoms. The van der Waals surface area contributed by atoms with Gasteiger partial charge in [0.05, 0.1) is 13.8 Å². The van der Waals surface area contributed by atoms with Gasteiger partial charge in [0.2, 0.25) is 0 Å². The molecular weight excluding hydrogens is 190 g/mol. The van der Waals surface area contributed by atoms with Gasteiger partial charge in [-0.25, -0.2) is 0 Å². The second-order valence-electron chi connectivity index (χ2n) is 3.74. The predicted octanol–water partition coefficient (Wildman–Crippen LogP) is 2.04. The first-order valence-corrected chi connectivity index (χ1v) is 4.98. The Hall–Kier alpha value is -1.06. The minimum Gasteiger partial charge on any atom is -0.496 e. The normalized spacial score (nSPS) is 10.7. The molecule has 0 atom stereocenters. The van der Waals surface area contributed by atoms with Gasteiger partial charge in [-0.3, -0.25) is 4.90 Å². The maximum Gasteiger partial charge on any atom is 0.121 e. The van der Waals surface area contributed by atoms with Crippen molar-refractivity contribution in [2.75, 3.05) is 28.0 Å². The summed E-state index contributed by atoms with van der Waals surface area (Å²) >= 11 is 0. The molecular formula is C12H19NO2. The van der Waals surface area contributed by atoms with Gasteiger partial charge in [-0.2, -0.15) is 0 Å². The van der Waals surface area contributed by atoms with E-state index in [1.54, 1.807) is 14.2 Å². The lowest BCUT2D eigenvalue weighted by Crippen LogP contribution is -2.20. The van der Waals surface area contributed by atoms with E-state index in [9.17, 15) is 0 Å². The molecule has 1 aromatic rings. The summed E-state index contributed by atoms with van der Waals surface area (Å²) in [5.41, 5.74) is 2.44. The van der Waals surface area contributed by atoms with Crippen molar-refractivity contribution in [2.45, 2.75) is 13.5 Å². The largest absolute Gasteiger partial charge is 0.496 e. The van der Waals surface area contributed by atoms with Gasteiger partial charge in [-0.15, -0.1) is 0 Å². The molecule has 0 bridgehead atoms. The van der Waals surface area contributed by atoms with Crippen LogP contribution in [0.25, 0.3) is 0 Å².